The smallest absolute Gasteiger partial charge is 0.239 e. The maximum absolute atomic E-state index is 12.0. The molecular weight excluding hydrogens is 286 g/mol. The van der Waals surface area contributed by atoms with Crippen LogP contribution in [0, 0.1) is 0 Å². The van der Waals surface area contributed by atoms with E-state index < -0.39 is 16.1 Å². The van der Waals surface area contributed by atoms with Crippen molar-refractivity contribution in [3.63, 3.8) is 0 Å². The number of piperidine rings is 1. The number of rotatable bonds is 6. The van der Waals surface area contributed by atoms with E-state index in [0.29, 0.717) is 32.4 Å². The van der Waals surface area contributed by atoms with Gasteiger partial charge in [-0.25, -0.2) is 13.1 Å². The van der Waals surface area contributed by atoms with E-state index in [1.807, 2.05) is 6.26 Å². The largest absolute Gasteiger partial charge is 0.341 e. The number of hydrogen-bond acceptors (Lipinski definition) is 5. The van der Waals surface area contributed by atoms with Crippen LogP contribution in [0.3, 0.4) is 0 Å². The zero-order chi connectivity index (χ0) is 14.5. The summed E-state index contributed by atoms with van der Waals surface area (Å²) in [6, 6.07) is -0.506. The number of hydrogen-bond donors (Lipinski definition) is 2. The first kappa shape index (κ1) is 16.7. The SMILES string of the molecule is CSCC[C@H](N)C(=O)N1CCC(NS(C)(=O)=O)CC1. The highest BCUT2D eigenvalue weighted by molar-refractivity contribution is 7.98. The Balaban J connectivity index is 2.38. The molecule has 19 heavy (non-hydrogen) atoms. The van der Waals surface area contributed by atoms with E-state index in [2.05, 4.69) is 4.72 Å². The monoisotopic (exact) mass is 309 g/mol. The normalized spacial score (nSPS) is 19.4. The van der Waals surface area contributed by atoms with Crippen molar-refractivity contribution in [1.82, 2.24) is 9.62 Å². The maximum Gasteiger partial charge on any atom is 0.239 e. The van der Waals surface area contributed by atoms with Gasteiger partial charge in [0.2, 0.25) is 15.9 Å². The number of nitrogens with one attached hydrogen (secondary N) is 1. The third-order valence-electron chi connectivity index (χ3n) is 3.14. The number of likely N-dealkylation sites (tertiary alicyclic amines) is 1. The van der Waals surface area contributed by atoms with Crippen molar-refractivity contribution in [2.45, 2.75) is 31.3 Å². The number of carbonyl (C=O) groups excluding carboxylic acids is 1. The quantitative estimate of drug-likeness (QED) is 0.697. The Kier molecular flexibility index (Phi) is 6.58. The Hall–Kier alpha value is -0.310. The van der Waals surface area contributed by atoms with Gasteiger partial charge in [0, 0.05) is 19.1 Å². The third kappa shape index (κ3) is 6.11. The second-order valence-corrected chi connectivity index (χ2v) is 7.64. The topological polar surface area (TPSA) is 92.5 Å². The van der Waals surface area contributed by atoms with Crippen LogP contribution in [-0.4, -0.2) is 62.7 Å². The lowest BCUT2D eigenvalue weighted by atomic mass is 10.0. The molecule has 8 heteroatoms. The summed E-state index contributed by atoms with van der Waals surface area (Å²) in [5.41, 5.74) is 5.85. The molecule has 1 aliphatic rings. The summed E-state index contributed by atoms with van der Waals surface area (Å²) < 4.78 is 24.8. The molecule has 0 spiro atoms. The number of thioether (sulfide) groups is 1. The van der Waals surface area contributed by atoms with Gasteiger partial charge in [0.05, 0.1) is 12.3 Å². The summed E-state index contributed by atoms with van der Waals surface area (Å²) in [5.74, 6) is 0.853. The molecule has 3 N–H and O–H groups in total. The Bertz CT molecular complexity index is 392. The van der Waals surface area contributed by atoms with E-state index >= 15 is 0 Å². The first-order valence-corrected chi connectivity index (χ1v) is 9.62. The molecule has 0 bridgehead atoms. The van der Waals surface area contributed by atoms with Crippen LogP contribution >= 0.6 is 11.8 Å². The van der Waals surface area contributed by atoms with E-state index in [4.69, 9.17) is 5.73 Å². The van der Waals surface area contributed by atoms with Crippen molar-refractivity contribution in [1.29, 1.82) is 0 Å². The summed E-state index contributed by atoms with van der Waals surface area (Å²) in [6.45, 7) is 1.14. The van der Waals surface area contributed by atoms with Gasteiger partial charge in [-0.2, -0.15) is 11.8 Å². The highest BCUT2D eigenvalue weighted by atomic mass is 32.2. The van der Waals surface area contributed by atoms with Crippen LogP contribution in [0.25, 0.3) is 0 Å². The molecule has 1 rings (SSSR count). The minimum atomic E-state index is -3.17. The lowest BCUT2D eigenvalue weighted by molar-refractivity contribution is -0.133. The van der Waals surface area contributed by atoms with Gasteiger partial charge in [-0.1, -0.05) is 0 Å². The Morgan fingerprint density at radius 3 is 2.53 bits per heavy atom. The van der Waals surface area contributed by atoms with Gasteiger partial charge in [-0.05, 0) is 31.3 Å². The minimum Gasteiger partial charge on any atom is -0.341 e. The summed E-state index contributed by atoms with van der Waals surface area (Å²) in [5, 5.41) is 0. The Morgan fingerprint density at radius 1 is 1.47 bits per heavy atom. The maximum atomic E-state index is 12.0. The molecule has 0 aromatic heterocycles. The molecule has 112 valence electrons. The van der Waals surface area contributed by atoms with Crippen LogP contribution in [0.4, 0.5) is 0 Å². The van der Waals surface area contributed by atoms with Crippen LogP contribution in [0.5, 0.6) is 0 Å². The molecule has 0 unspecified atom stereocenters. The van der Waals surface area contributed by atoms with E-state index in [1.165, 1.54) is 0 Å². The second kappa shape index (κ2) is 7.47. The Labute approximate surface area is 119 Å². The predicted molar refractivity (Wildman–Crippen MR) is 78.6 cm³/mol. The lowest BCUT2D eigenvalue weighted by Gasteiger charge is -2.33. The standard InChI is InChI=1S/C11H23N3O3S2/c1-18-8-5-10(12)11(15)14-6-3-9(4-7-14)13-19(2,16)17/h9-10,13H,3-8,12H2,1-2H3/t10-/m0/s1. The molecular formula is C11H23N3O3S2. The van der Waals surface area contributed by atoms with Gasteiger partial charge in [-0.15, -0.1) is 0 Å². The van der Waals surface area contributed by atoms with Crippen molar-refractivity contribution in [2.75, 3.05) is 31.4 Å². The van der Waals surface area contributed by atoms with Gasteiger partial charge in [0.25, 0.3) is 0 Å². The fraction of sp³-hybridized carbons (Fsp3) is 0.909. The van der Waals surface area contributed by atoms with Gasteiger partial charge in [-0.3, -0.25) is 4.79 Å². The molecule has 1 fully saturated rings. The van der Waals surface area contributed by atoms with E-state index in [0.717, 1.165) is 12.0 Å². The molecule has 1 saturated heterocycles. The van der Waals surface area contributed by atoms with Crippen molar-refractivity contribution < 1.29 is 13.2 Å². The van der Waals surface area contributed by atoms with Crippen LogP contribution in [-0.2, 0) is 14.8 Å². The number of nitrogens with two attached hydrogens (primary N) is 1. The average Bonchev–Trinajstić information content (AvgIpc) is 2.34. The third-order valence-corrected chi connectivity index (χ3v) is 4.54. The molecule has 0 aromatic carbocycles. The number of nitrogens with zero attached hydrogens (tertiary/aromatic N) is 1. The second-order valence-electron chi connectivity index (χ2n) is 4.88. The van der Waals surface area contributed by atoms with Crippen molar-refractivity contribution >= 4 is 27.7 Å². The molecule has 6 nitrogen and oxygen atoms in total. The zero-order valence-electron chi connectivity index (χ0n) is 11.5. The first-order chi connectivity index (χ1) is 8.83. The van der Waals surface area contributed by atoms with Gasteiger partial charge in [0.15, 0.2) is 0 Å². The van der Waals surface area contributed by atoms with Crippen LogP contribution < -0.4 is 10.5 Å². The summed E-state index contributed by atoms with van der Waals surface area (Å²) in [7, 11) is -3.17. The zero-order valence-corrected chi connectivity index (χ0v) is 13.1. The number of carbonyl (C=O) groups is 1. The minimum absolute atomic E-state index is 0.0214. The molecule has 1 aliphatic heterocycles. The molecule has 1 heterocycles. The van der Waals surface area contributed by atoms with Crippen molar-refractivity contribution in [2.24, 2.45) is 5.73 Å². The number of amides is 1. The fourth-order valence-corrected chi connectivity index (χ4v) is 3.45. The van der Waals surface area contributed by atoms with Gasteiger partial charge >= 0.3 is 0 Å². The molecule has 1 atom stereocenters. The van der Waals surface area contributed by atoms with E-state index in [9.17, 15) is 13.2 Å². The molecule has 0 radical (unpaired) electrons. The average molecular weight is 309 g/mol. The number of sulfonamides is 1. The molecule has 0 aliphatic carbocycles. The van der Waals surface area contributed by atoms with Crippen molar-refractivity contribution in [3.8, 4) is 0 Å². The highest BCUT2D eigenvalue weighted by Crippen LogP contribution is 2.13. The summed E-state index contributed by atoms with van der Waals surface area (Å²) in [4.78, 5) is 13.8. The molecule has 1 amide bonds. The summed E-state index contributed by atoms with van der Waals surface area (Å²) >= 11 is 1.67. The van der Waals surface area contributed by atoms with Gasteiger partial charge < -0.3 is 10.6 Å². The summed E-state index contributed by atoms with van der Waals surface area (Å²) in [6.07, 6.45) is 5.12. The van der Waals surface area contributed by atoms with E-state index in [1.54, 1.807) is 16.7 Å². The molecule has 0 aromatic rings. The Morgan fingerprint density at radius 2 is 2.05 bits per heavy atom. The van der Waals surface area contributed by atoms with E-state index in [-0.39, 0.29) is 11.9 Å². The van der Waals surface area contributed by atoms with Crippen LogP contribution in [0.2, 0.25) is 0 Å². The van der Waals surface area contributed by atoms with Gasteiger partial charge in [0.1, 0.15) is 0 Å². The van der Waals surface area contributed by atoms with Crippen LogP contribution in [0.1, 0.15) is 19.3 Å². The predicted octanol–water partition coefficient (Wildman–Crippen LogP) is -0.393. The first-order valence-electron chi connectivity index (χ1n) is 6.34. The lowest BCUT2D eigenvalue weighted by Crippen LogP contribution is -2.50. The fourth-order valence-electron chi connectivity index (χ4n) is 2.12. The molecule has 0 saturated carbocycles. The van der Waals surface area contributed by atoms with Crippen molar-refractivity contribution in [3.05, 3.63) is 0 Å². The highest BCUT2D eigenvalue weighted by Gasteiger charge is 2.27. The van der Waals surface area contributed by atoms with Crippen LogP contribution in [0.15, 0.2) is 0 Å².